The maximum atomic E-state index is 12.5. The van der Waals surface area contributed by atoms with Crippen LogP contribution >= 0.6 is 11.8 Å². The van der Waals surface area contributed by atoms with Crippen molar-refractivity contribution in [2.24, 2.45) is 5.10 Å². The fourth-order valence-electron chi connectivity index (χ4n) is 3.01. The number of nitrogen functional groups attached to an aromatic ring is 1. The zero-order valence-electron chi connectivity index (χ0n) is 15.6. The number of hydrazone groups is 1. The van der Waals surface area contributed by atoms with Crippen molar-refractivity contribution in [2.75, 3.05) is 18.1 Å². The molecule has 3 aromatic rings. The third-order valence-electron chi connectivity index (χ3n) is 4.37. The van der Waals surface area contributed by atoms with Gasteiger partial charge in [0, 0.05) is 12.1 Å². The van der Waals surface area contributed by atoms with E-state index in [0.717, 1.165) is 29.1 Å². The average molecular weight is 396 g/mol. The van der Waals surface area contributed by atoms with Crippen LogP contribution in [0.1, 0.15) is 23.4 Å². The summed E-state index contributed by atoms with van der Waals surface area (Å²) in [6.07, 6.45) is 0.746. The summed E-state index contributed by atoms with van der Waals surface area (Å²) < 4.78 is 2.98. The SMILES string of the molecule is Cc1cc(C)n(-c2nnc(SCC(=O)N3CCC(c4ccccc4)=N3)n2N)n1. The third kappa shape index (κ3) is 3.50. The molecule has 9 nitrogen and oxygen atoms in total. The molecular formula is C18H20N8OS. The van der Waals surface area contributed by atoms with E-state index in [1.807, 2.05) is 50.2 Å². The number of aromatic nitrogens is 5. The highest BCUT2D eigenvalue weighted by atomic mass is 32.2. The van der Waals surface area contributed by atoms with Gasteiger partial charge in [-0.1, -0.05) is 42.1 Å². The highest BCUT2D eigenvalue weighted by molar-refractivity contribution is 7.99. The number of thioether (sulfide) groups is 1. The standard InChI is InChI=1S/C18H20N8OS/c1-12-10-13(2)26(22-12)17-20-21-18(25(17)19)28-11-16(27)24-9-8-15(23-24)14-6-4-3-5-7-14/h3-7,10H,8-9,11,19H2,1-2H3. The number of amides is 1. The summed E-state index contributed by atoms with van der Waals surface area (Å²) in [6.45, 7) is 4.39. The minimum atomic E-state index is -0.0911. The van der Waals surface area contributed by atoms with Gasteiger partial charge in [0.15, 0.2) is 0 Å². The average Bonchev–Trinajstić information content (AvgIpc) is 3.40. The predicted octanol–water partition coefficient (Wildman–Crippen LogP) is 1.52. The summed E-state index contributed by atoms with van der Waals surface area (Å²) in [5.41, 5.74) is 3.74. The lowest BCUT2D eigenvalue weighted by atomic mass is 10.1. The Bertz CT molecular complexity index is 1040. The molecule has 144 valence electrons. The molecule has 0 fully saturated rings. The molecule has 1 amide bonds. The van der Waals surface area contributed by atoms with Gasteiger partial charge in [-0.15, -0.1) is 10.2 Å². The van der Waals surface area contributed by atoms with E-state index >= 15 is 0 Å². The minimum absolute atomic E-state index is 0.0911. The van der Waals surface area contributed by atoms with Crippen LogP contribution in [-0.2, 0) is 4.79 Å². The molecule has 28 heavy (non-hydrogen) atoms. The van der Waals surface area contributed by atoms with Crippen LogP contribution in [0, 0.1) is 13.8 Å². The van der Waals surface area contributed by atoms with Crippen molar-refractivity contribution >= 4 is 23.4 Å². The number of rotatable bonds is 5. The van der Waals surface area contributed by atoms with Crippen LogP contribution in [0.4, 0.5) is 0 Å². The molecule has 2 aromatic heterocycles. The number of hydrogen-bond acceptors (Lipinski definition) is 7. The molecule has 0 unspecified atom stereocenters. The van der Waals surface area contributed by atoms with Crippen molar-refractivity contribution < 1.29 is 4.79 Å². The van der Waals surface area contributed by atoms with Gasteiger partial charge in [0.2, 0.25) is 5.16 Å². The van der Waals surface area contributed by atoms with E-state index in [0.29, 0.717) is 17.6 Å². The molecule has 1 aliphatic heterocycles. The Morgan fingerprint density at radius 1 is 1.21 bits per heavy atom. The van der Waals surface area contributed by atoms with Gasteiger partial charge in [-0.3, -0.25) is 4.79 Å². The maximum absolute atomic E-state index is 12.5. The number of carbonyl (C=O) groups is 1. The first-order chi connectivity index (χ1) is 13.5. The second-order valence-corrected chi connectivity index (χ2v) is 7.40. The Balaban J connectivity index is 1.42. The molecule has 0 aliphatic carbocycles. The Morgan fingerprint density at radius 2 is 2.00 bits per heavy atom. The number of nitrogens with zero attached hydrogens (tertiary/aromatic N) is 7. The summed E-state index contributed by atoms with van der Waals surface area (Å²) in [5, 5.41) is 19.0. The van der Waals surface area contributed by atoms with Gasteiger partial charge in [-0.05, 0) is 25.5 Å². The van der Waals surface area contributed by atoms with E-state index in [1.165, 1.54) is 21.4 Å². The lowest BCUT2D eigenvalue weighted by molar-refractivity contribution is -0.127. The number of nitrogens with two attached hydrogens (primary N) is 1. The van der Waals surface area contributed by atoms with Gasteiger partial charge >= 0.3 is 0 Å². The fourth-order valence-corrected chi connectivity index (χ4v) is 3.74. The van der Waals surface area contributed by atoms with Crippen LogP contribution in [0.3, 0.4) is 0 Å². The quantitative estimate of drug-likeness (QED) is 0.518. The first-order valence-corrected chi connectivity index (χ1v) is 9.81. The van der Waals surface area contributed by atoms with E-state index in [4.69, 9.17) is 5.84 Å². The number of hydrogen-bond donors (Lipinski definition) is 1. The van der Waals surface area contributed by atoms with Crippen LogP contribution < -0.4 is 5.84 Å². The smallest absolute Gasteiger partial charge is 0.271 e. The molecule has 1 aliphatic rings. The Hall–Kier alpha value is -3.14. The molecule has 0 saturated carbocycles. The van der Waals surface area contributed by atoms with E-state index in [2.05, 4.69) is 20.4 Å². The van der Waals surface area contributed by atoms with Crippen LogP contribution in [0.15, 0.2) is 46.7 Å². The van der Waals surface area contributed by atoms with E-state index < -0.39 is 0 Å². The molecule has 4 rings (SSSR count). The van der Waals surface area contributed by atoms with Gasteiger partial charge in [-0.2, -0.15) is 10.2 Å². The third-order valence-corrected chi connectivity index (χ3v) is 5.29. The van der Waals surface area contributed by atoms with Crippen molar-refractivity contribution in [1.29, 1.82) is 0 Å². The Labute approximate surface area is 166 Å². The second-order valence-electron chi connectivity index (χ2n) is 6.46. The van der Waals surface area contributed by atoms with Crippen molar-refractivity contribution in [3.8, 4) is 5.95 Å². The summed E-state index contributed by atoms with van der Waals surface area (Å²) in [6, 6.07) is 11.8. The Morgan fingerprint density at radius 3 is 2.71 bits per heavy atom. The monoisotopic (exact) mass is 396 g/mol. The van der Waals surface area contributed by atoms with Gasteiger partial charge in [0.05, 0.1) is 23.7 Å². The van der Waals surface area contributed by atoms with Gasteiger partial charge in [0.25, 0.3) is 11.9 Å². The lowest BCUT2D eigenvalue weighted by Gasteiger charge is -2.10. The Kier molecular flexibility index (Phi) is 4.86. The fraction of sp³-hybridized carbons (Fsp3) is 0.278. The molecule has 0 atom stereocenters. The normalized spacial score (nSPS) is 13.8. The molecule has 0 radical (unpaired) electrons. The lowest BCUT2D eigenvalue weighted by Crippen LogP contribution is -2.25. The summed E-state index contributed by atoms with van der Waals surface area (Å²) >= 11 is 1.23. The number of benzene rings is 1. The number of aryl methyl sites for hydroxylation is 2. The van der Waals surface area contributed by atoms with E-state index in [-0.39, 0.29) is 11.7 Å². The van der Waals surface area contributed by atoms with Crippen LogP contribution in [0.5, 0.6) is 0 Å². The van der Waals surface area contributed by atoms with Crippen molar-refractivity contribution in [2.45, 2.75) is 25.4 Å². The first kappa shape index (κ1) is 18.2. The maximum Gasteiger partial charge on any atom is 0.271 e. The van der Waals surface area contributed by atoms with Crippen molar-refractivity contribution in [1.82, 2.24) is 29.7 Å². The van der Waals surface area contributed by atoms with Gasteiger partial charge < -0.3 is 5.84 Å². The van der Waals surface area contributed by atoms with Crippen LogP contribution in [0.2, 0.25) is 0 Å². The molecule has 0 bridgehead atoms. The van der Waals surface area contributed by atoms with E-state index in [1.54, 1.807) is 4.68 Å². The highest BCUT2D eigenvalue weighted by Gasteiger charge is 2.23. The molecule has 3 heterocycles. The largest absolute Gasteiger partial charge is 0.334 e. The van der Waals surface area contributed by atoms with Crippen molar-refractivity contribution in [3.63, 3.8) is 0 Å². The molecule has 2 N–H and O–H groups in total. The second kappa shape index (κ2) is 7.47. The van der Waals surface area contributed by atoms with E-state index in [9.17, 15) is 4.79 Å². The van der Waals surface area contributed by atoms with Crippen LogP contribution in [0.25, 0.3) is 5.95 Å². The van der Waals surface area contributed by atoms with Gasteiger partial charge in [0.1, 0.15) is 0 Å². The molecule has 10 heteroatoms. The minimum Gasteiger partial charge on any atom is -0.334 e. The molecule has 0 spiro atoms. The molecular weight excluding hydrogens is 376 g/mol. The summed E-state index contributed by atoms with van der Waals surface area (Å²) in [5.74, 6) is 6.60. The molecule has 0 saturated heterocycles. The van der Waals surface area contributed by atoms with Crippen molar-refractivity contribution in [3.05, 3.63) is 53.3 Å². The first-order valence-electron chi connectivity index (χ1n) is 8.83. The predicted molar refractivity (Wildman–Crippen MR) is 107 cm³/mol. The number of carbonyl (C=O) groups excluding carboxylic acids is 1. The summed E-state index contributed by atoms with van der Waals surface area (Å²) in [7, 11) is 0. The molecule has 1 aromatic carbocycles. The van der Waals surface area contributed by atoms with Gasteiger partial charge in [-0.25, -0.2) is 14.4 Å². The zero-order valence-corrected chi connectivity index (χ0v) is 16.4. The topological polar surface area (TPSA) is 107 Å². The highest BCUT2D eigenvalue weighted by Crippen LogP contribution is 2.20. The van der Waals surface area contributed by atoms with Crippen LogP contribution in [-0.4, -0.2) is 53.6 Å². The summed E-state index contributed by atoms with van der Waals surface area (Å²) in [4.78, 5) is 12.5. The zero-order chi connectivity index (χ0) is 19.7.